The zero-order valence-corrected chi connectivity index (χ0v) is 18.8. The number of non-ortho nitro benzene ring substituents is 1. The van der Waals surface area contributed by atoms with Gasteiger partial charge in [0.1, 0.15) is 6.04 Å². The molecule has 10 nitrogen and oxygen atoms in total. The molecule has 11 heteroatoms. The number of nitrogens with two attached hydrogens (primary N) is 1. The number of nitrogens with one attached hydrogen (secondary N) is 1. The van der Waals surface area contributed by atoms with Crippen molar-refractivity contribution in [1.29, 1.82) is 0 Å². The molecule has 2 atom stereocenters. The van der Waals surface area contributed by atoms with E-state index in [4.69, 9.17) is 15.8 Å². The maximum Gasteiger partial charge on any atom is 0.469 e. The topological polar surface area (TPSA) is 176 Å². The maximum absolute atomic E-state index is 12.3. The third-order valence-corrected chi connectivity index (χ3v) is 4.69. The first-order valence-corrected chi connectivity index (χ1v) is 10.4. The highest BCUT2D eigenvalue weighted by atomic mass is 16.6. The van der Waals surface area contributed by atoms with Gasteiger partial charge in [-0.15, -0.1) is 0 Å². The summed E-state index contributed by atoms with van der Waals surface area (Å²) in [4.78, 5) is 34.0. The molecule has 0 unspecified atom stereocenters. The average Bonchev–Trinajstić information content (AvgIpc) is 2.73. The molecule has 0 bridgehead atoms. The van der Waals surface area contributed by atoms with Gasteiger partial charge in [0.05, 0.1) is 4.92 Å². The maximum atomic E-state index is 12.3. The van der Waals surface area contributed by atoms with Crippen LogP contribution < -0.4 is 11.1 Å². The summed E-state index contributed by atoms with van der Waals surface area (Å²) in [5, 5.41) is 39.6. The van der Waals surface area contributed by atoms with Crippen LogP contribution in [-0.2, 0) is 11.2 Å². The fourth-order valence-electron chi connectivity index (χ4n) is 2.92. The van der Waals surface area contributed by atoms with Crippen molar-refractivity contribution in [1.82, 2.24) is 5.32 Å². The molecule has 2 rings (SSSR count). The predicted molar refractivity (Wildman–Crippen MR) is 124 cm³/mol. The molecule has 1 amide bonds. The van der Waals surface area contributed by atoms with E-state index < -0.39 is 35.9 Å². The minimum absolute atomic E-state index is 0.0866. The van der Waals surface area contributed by atoms with E-state index in [1.165, 1.54) is 12.1 Å². The van der Waals surface area contributed by atoms with Crippen molar-refractivity contribution >= 4 is 24.7 Å². The van der Waals surface area contributed by atoms with E-state index in [1.807, 2.05) is 19.9 Å². The molecule has 0 saturated heterocycles. The molecule has 0 heterocycles. The van der Waals surface area contributed by atoms with Gasteiger partial charge < -0.3 is 26.2 Å². The molecule has 0 aliphatic carbocycles. The number of benzene rings is 2. The van der Waals surface area contributed by atoms with Gasteiger partial charge in [0.15, 0.2) is 0 Å². The number of carboxylic acids is 1. The normalized spacial score (nSPS) is 12.2. The molecule has 178 valence electrons. The van der Waals surface area contributed by atoms with Crippen LogP contribution in [0.3, 0.4) is 0 Å². The monoisotopic (exact) mass is 459 g/mol. The third-order valence-electron chi connectivity index (χ3n) is 4.69. The Kier molecular flexibility index (Phi) is 11.2. The largest absolute Gasteiger partial charge is 0.480 e. The lowest BCUT2D eigenvalue weighted by molar-refractivity contribution is -0.384. The highest BCUT2D eigenvalue weighted by Crippen LogP contribution is 2.17. The second-order valence-corrected chi connectivity index (χ2v) is 8.02. The van der Waals surface area contributed by atoms with Gasteiger partial charge in [-0.3, -0.25) is 14.9 Å². The Morgan fingerprint density at radius 3 is 2.21 bits per heavy atom. The lowest BCUT2D eigenvalue weighted by atomic mass is 9.76. The minimum Gasteiger partial charge on any atom is -0.480 e. The van der Waals surface area contributed by atoms with Gasteiger partial charge in [-0.25, -0.2) is 4.79 Å². The molecule has 0 spiro atoms. The number of amides is 1. The number of carbonyl (C=O) groups excluding carboxylic acids is 1. The van der Waals surface area contributed by atoms with Crippen LogP contribution in [-0.4, -0.2) is 51.1 Å². The van der Waals surface area contributed by atoms with Gasteiger partial charge in [0.25, 0.3) is 11.6 Å². The Balaban J connectivity index is 0.000000513. The lowest BCUT2D eigenvalue weighted by Gasteiger charge is -2.15. The Morgan fingerprint density at radius 1 is 1.15 bits per heavy atom. The zero-order chi connectivity index (χ0) is 25.1. The Bertz CT molecular complexity index is 939. The van der Waals surface area contributed by atoms with Gasteiger partial charge in [0, 0.05) is 30.1 Å². The van der Waals surface area contributed by atoms with Gasteiger partial charge in [-0.05, 0) is 30.4 Å². The smallest absolute Gasteiger partial charge is 0.469 e. The number of nitro groups is 1. The molecular weight excluding hydrogens is 429 g/mol. The van der Waals surface area contributed by atoms with Crippen molar-refractivity contribution in [2.24, 2.45) is 11.7 Å². The van der Waals surface area contributed by atoms with E-state index in [0.29, 0.717) is 17.9 Å². The van der Waals surface area contributed by atoms with Crippen LogP contribution in [0.4, 0.5) is 5.69 Å². The average molecular weight is 459 g/mol. The lowest BCUT2D eigenvalue weighted by Crippen LogP contribution is -2.42. The molecule has 2 aromatic rings. The zero-order valence-electron chi connectivity index (χ0n) is 18.8. The van der Waals surface area contributed by atoms with Gasteiger partial charge in [0.2, 0.25) is 0 Å². The van der Waals surface area contributed by atoms with E-state index in [2.05, 4.69) is 5.32 Å². The Morgan fingerprint density at radius 2 is 1.76 bits per heavy atom. The van der Waals surface area contributed by atoms with Crippen LogP contribution in [0.2, 0.25) is 0 Å². The molecule has 0 fully saturated rings. The van der Waals surface area contributed by atoms with E-state index >= 15 is 0 Å². The van der Waals surface area contributed by atoms with Crippen molar-refractivity contribution in [3.63, 3.8) is 0 Å². The number of aryl methyl sites for hydroxylation is 1. The van der Waals surface area contributed by atoms with E-state index in [0.717, 1.165) is 11.6 Å². The van der Waals surface area contributed by atoms with Crippen molar-refractivity contribution in [2.45, 2.75) is 45.6 Å². The molecule has 0 aliphatic heterocycles. The van der Waals surface area contributed by atoms with Crippen molar-refractivity contribution < 1.29 is 29.7 Å². The number of nitrogens with zero attached hydrogens (tertiary/aromatic N) is 1. The number of hydrogen-bond acceptors (Lipinski definition) is 7. The van der Waals surface area contributed by atoms with Crippen molar-refractivity contribution in [3.8, 4) is 0 Å². The molecule has 0 aliphatic rings. The van der Waals surface area contributed by atoms with E-state index in [1.54, 1.807) is 31.2 Å². The first-order valence-electron chi connectivity index (χ1n) is 10.4. The summed E-state index contributed by atoms with van der Waals surface area (Å²) in [7, 11) is -1.37. The number of carbonyl (C=O) groups is 2. The molecule has 6 N–H and O–H groups in total. The summed E-state index contributed by atoms with van der Waals surface area (Å²) in [6, 6.07) is 11.7. The summed E-state index contributed by atoms with van der Waals surface area (Å²) in [5.74, 6) is -1.90. The first kappa shape index (κ1) is 27.8. The molecule has 0 saturated carbocycles. The second-order valence-electron chi connectivity index (χ2n) is 8.02. The summed E-state index contributed by atoms with van der Waals surface area (Å²) in [5.41, 5.74) is 6.48. The second kappa shape index (κ2) is 13.3. The third kappa shape index (κ3) is 9.81. The van der Waals surface area contributed by atoms with Crippen molar-refractivity contribution in [3.05, 3.63) is 75.3 Å². The Labute approximate surface area is 192 Å². The summed E-state index contributed by atoms with van der Waals surface area (Å²) >= 11 is 0. The number of nitro benzene ring substituents is 1. The van der Waals surface area contributed by atoms with Crippen LogP contribution in [0.15, 0.2) is 48.5 Å². The minimum atomic E-state index is -1.37. The first-order chi connectivity index (χ1) is 15.4. The molecule has 2 aromatic carbocycles. The molecule has 33 heavy (non-hydrogen) atoms. The van der Waals surface area contributed by atoms with Crippen molar-refractivity contribution in [2.75, 3.05) is 0 Å². The van der Waals surface area contributed by atoms with Gasteiger partial charge in [-0.2, -0.15) is 0 Å². The summed E-state index contributed by atoms with van der Waals surface area (Å²) < 4.78 is 0. The molecule has 0 aromatic heterocycles. The number of rotatable bonds is 9. The highest BCUT2D eigenvalue weighted by Gasteiger charge is 2.23. The summed E-state index contributed by atoms with van der Waals surface area (Å²) in [6.07, 6.45) is 0.771. The quantitative estimate of drug-likeness (QED) is 0.214. The number of carboxylic acid groups (broad SMARTS) is 1. The Hall–Kier alpha value is -3.28. The van der Waals surface area contributed by atoms with E-state index in [-0.39, 0.29) is 17.7 Å². The standard InChI is InChI=1S/C17H16N2O5.C5H14BNO2/c1-11-7-8-13(19(23)24)10-14(11)16(20)18-15(17(21)22)9-12-5-3-2-4-6-12;1-4(2)3-5(7)6(8)9/h2-8,10,15H,9H2,1H3,(H,18,20)(H,21,22);4-5,8-9H,3,7H2,1-2H3/t15-;5-/m00/s1. The van der Waals surface area contributed by atoms with E-state index in [9.17, 15) is 24.8 Å². The number of hydrogen-bond donors (Lipinski definition) is 5. The van der Waals surface area contributed by atoms with Crippen LogP contribution in [0.25, 0.3) is 0 Å². The summed E-state index contributed by atoms with van der Waals surface area (Å²) in [6.45, 7) is 5.61. The highest BCUT2D eigenvalue weighted by molar-refractivity contribution is 6.43. The van der Waals surface area contributed by atoms with Crippen LogP contribution in [0, 0.1) is 23.0 Å². The van der Waals surface area contributed by atoms with Gasteiger partial charge >= 0.3 is 13.1 Å². The molecule has 0 radical (unpaired) electrons. The SMILES string of the molecule is CC(C)C[C@H](N)B(O)O.Cc1ccc([N+](=O)[O-])cc1C(=O)N[C@@H](Cc1ccccc1)C(=O)O. The predicted octanol–water partition coefficient (Wildman–Crippen LogP) is 1.70. The fraction of sp³-hybridized carbons (Fsp3) is 0.364. The fourth-order valence-corrected chi connectivity index (χ4v) is 2.92. The van der Waals surface area contributed by atoms with Crippen LogP contribution in [0.5, 0.6) is 0 Å². The van der Waals surface area contributed by atoms with Crippen LogP contribution >= 0.6 is 0 Å². The molecular formula is C22H30BN3O7. The number of aliphatic carboxylic acids is 1. The van der Waals surface area contributed by atoms with Crippen LogP contribution in [0.1, 0.15) is 41.8 Å². The van der Waals surface area contributed by atoms with Gasteiger partial charge in [-0.1, -0.05) is 50.2 Å².